The Balaban J connectivity index is 0. The topological polar surface area (TPSA) is 95.5 Å². The molecule has 0 rings (SSSR count). The SMILES string of the molecule is CCCCCCCCCCCCC#CC#CCCCC(=O)NCCOS(=O)(=O)[O-].[Na+]. The molecule has 0 saturated heterocycles. The van der Waals surface area contributed by atoms with E-state index in [0.29, 0.717) is 12.8 Å². The van der Waals surface area contributed by atoms with Crippen LogP contribution in [-0.4, -0.2) is 32.0 Å². The molecule has 0 radical (unpaired) electrons. The van der Waals surface area contributed by atoms with Gasteiger partial charge in [-0.3, -0.25) is 8.98 Å². The van der Waals surface area contributed by atoms with E-state index in [4.69, 9.17) is 0 Å². The summed E-state index contributed by atoms with van der Waals surface area (Å²) >= 11 is 0. The molecule has 0 saturated carbocycles. The summed E-state index contributed by atoms with van der Waals surface area (Å²) in [7, 11) is -4.70. The maximum absolute atomic E-state index is 11.5. The molecule has 30 heavy (non-hydrogen) atoms. The smallest absolute Gasteiger partial charge is 0.726 e. The van der Waals surface area contributed by atoms with E-state index in [0.717, 1.165) is 12.8 Å². The molecular weight excluding hydrogens is 413 g/mol. The number of nitrogens with one attached hydrogen (secondary N) is 1. The molecule has 0 bridgehead atoms. The van der Waals surface area contributed by atoms with E-state index in [1.165, 1.54) is 57.8 Å². The first-order valence-corrected chi connectivity index (χ1v) is 12.1. The van der Waals surface area contributed by atoms with Gasteiger partial charge in [0.2, 0.25) is 16.3 Å². The molecule has 0 fully saturated rings. The number of carbonyl (C=O) groups is 1. The van der Waals surface area contributed by atoms with Crippen LogP contribution in [-0.2, 0) is 19.4 Å². The first-order valence-electron chi connectivity index (χ1n) is 10.8. The van der Waals surface area contributed by atoms with Gasteiger partial charge in [-0.1, -0.05) is 76.6 Å². The van der Waals surface area contributed by atoms with E-state index in [2.05, 4.69) is 40.1 Å². The molecule has 166 valence electrons. The first-order chi connectivity index (χ1) is 14.0. The van der Waals surface area contributed by atoms with Gasteiger partial charge in [0.05, 0.1) is 6.61 Å². The number of hydrogen-bond donors (Lipinski definition) is 1. The fourth-order valence-corrected chi connectivity index (χ4v) is 2.96. The second kappa shape index (κ2) is 23.1. The van der Waals surface area contributed by atoms with Crippen LogP contribution in [0.5, 0.6) is 0 Å². The molecule has 0 aromatic carbocycles. The number of carbonyl (C=O) groups excluding carboxylic acids is 1. The van der Waals surface area contributed by atoms with E-state index in [-0.39, 0.29) is 55.0 Å². The van der Waals surface area contributed by atoms with Crippen LogP contribution in [0, 0.1) is 23.7 Å². The van der Waals surface area contributed by atoms with Gasteiger partial charge in [0, 0.05) is 25.8 Å². The van der Waals surface area contributed by atoms with Crippen LogP contribution in [0.1, 0.15) is 96.8 Å². The Kier molecular flexibility index (Phi) is 24.4. The summed E-state index contributed by atoms with van der Waals surface area (Å²) in [5, 5.41) is 2.47. The molecule has 0 heterocycles. The van der Waals surface area contributed by atoms with Gasteiger partial charge in [0.1, 0.15) is 0 Å². The number of amides is 1. The standard InChI is InChI=1S/C22H37NO5S.Na/c1-2-3-4-5-6-7-8-9-10-11-12-13-14-15-16-17-18-19-22(24)23-20-21-28-29(25,26)27;/h2-12,17-21H2,1H3,(H,23,24)(H,25,26,27);/q;+1/p-1. The molecule has 6 nitrogen and oxygen atoms in total. The van der Waals surface area contributed by atoms with E-state index in [9.17, 15) is 17.8 Å². The average Bonchev–Trinajstić information content (AvgIpc) is 2.67. The zero-order valence-corrected chi connectivity index (χ0v) is 21.6. The molecule has 0 aliphatic rings. The van der Waals surface area contributed by atoms with Gasteiger partial charge in [-0.25, -0.2) is 8.42 Å². The molecule has 0 spiro atoms. The Morgan fingerprint density at radius 1 is 0.867 bits per heavy atom. The Labute approximate surface area is 205 Å². The maximum Gasteiger partial charge on any atom is 1.00 e. The number of rotatable bonds is 17. The van der Waals surface area contributed by atoms with Crippen molar-refractivity contribution in [3.8, 4) is 23.7 Å². The number of hydrogen-bond acceptors (Lipinski definition) is 5. The van der Waals surface area contributed by atoms with Crippen molar-refractivity contribution in [3.63, 3.8) is 0 Å². The average molecular weight is 450 g/mol. The molecule has 0 atom stereocenters. The Bertz CT molecular complexity index is 644. The van der Waals surface area contributed by atoms with E-state index >= 15 is 0 Å². The minimum atomic E-state index is -4.70. The minimum Gasteiger partial charge on any atom is -0.726 e. The van der Waals surface area contributed by atoms with Gasteiger partial charge in [-0.2, -0.15) is 0 Å². The van der Waals surface area contributed by atoms with Crippen LogP contribution < -0.4 is 34.9 Å². The largest absolute Gasteiger partial charge is 1.00 e. The van der Waals surface area contributed by atoms with Crippen molar-refractivity contribution in [1.29, 1.82) is 0 Å². The van der Waals surface area contributed by atoms with Crippen LogP contribution in [0.25, 0.3) is 0 Å². The molecule has 0 aromatic rings. The quantitative estimate of drug-likeness (QED) is 0.118. The predicted molar refractivity (Wildman–Crippen MR) is 115 cm³/mol. The van der Waals surface area contributed by atoms with Crippen molar-refractivity contribution in [2.24, 2.45) is 0 Å². The zero-order valence-electron chi connectivity index (χ0n) is 18.8. The molecule has 0 aliphatic carbocycles. The monoisotopic (exact) mass is 449 g/mol. The van der Waals surface area contributed by atoms with Crippen molar-refractivity contribution < 1.29 is 51.5 Å². The van der Waals surface area contributed by atoms with Gasteiger partial charge in [-0.05, 0) is 24.7 Å². The van der Waals surface area contributed by atoms with Gasteiger partial charge in [-0.15, -0.1) is 0 Å². The Morgan fingerprint density at radius 2 is 1.37 bits per heavy atom. The zero-order chi connectivity index (χ0) is 21.6. The second-order valence-electron chi connectivity index (χ2n) is 6.97. The van der Waals surface area contributed by atoms with Gasteiger partial charge in [0.25, 0.3) is 0 Å². The molecular formula is C22H36NNaO5S. The summed E-state index contributed by atoms with van der Waals surface area (Å²) < 4.78 is 34.6. The Hall–Kier alpha value is -0.540. The van der Waals surface area contributed by atoms with E-state index < -0.39 is 10.4 Å². The maximum atomic E-state index is 11.5. The number of unbranched alkanes of at least 4 members (excludes halogenated alkanes) is 11. The van der Waals surface area contributed by atoms with Crippen LogP contribution >= 0.6 is 0 Å². The van der Waals surface area contributed by atoms with Crippen molar-refractivity contribution in [1.82, 2.24) is 5.32 Å². The minimum absolute atomic E-state index is 0. The summed E-state index contributed by atoms with van der Waals surface area (Å²) in [5.41, 5.74) is 0. The molecule has 0 aromatic heterocycles. The van der Waals surface area contributed by atoms with Crippen molar-refractivity contribution in [3.05, 3.63) is 0 Å². The van der Waals surface area contributed by atoms with E-state index in [1.54, 1.807) is 0 Å². The summed E-state index contributed by atoms with van der Waals surface area (Å²) in [6, 6.07) is 0. The van der Waals surface area contributed by atoms with Crippen molar-refractivity contribution >= 4 is 16.3 Å². The van der Waals surface area contributed by atoms with Gasteiger partial charge in [0.15, 0.2) is 0 Å². The van der Waals surface area contributed by atoms with Crippen molar-refractivity contribution in [2.45, 2.75) is 96.8 Å². The third-order valence-electron chi connectivity index (χ3n) is 4.25. The second-order valence-corrected chi connectivity index (χ2v) is 8.02. The van der Waals surface area contributed by atoms with Gasteiger partial charge < -0.3 is 9.87 Å². The fourth-order valence-electron chi connectivity index (χ4n) is 2.67. The third-order valence-corrected chi connectivity index (χ3v) is 4.71. The summed E-state index contributed by atoms with van der Waals surface area (Å²) in [4.78, 5) is 11.5. The summed E-state index contributed by atoms with van der Waals surface area (Å²) in [5.74, 6) is 11.4. The summed E-state index contributed by atoms with van der Waals surface area (Å²) in [6.07, 6.45) is 15.5. The third kappa shape index (κ3) is 27.5. The Morgan fingerprint density at radius 3 is 1.90 bits per heavy atom. The molecule has 1 N–H and O–H groups in total. The summed E-state index contributed by atoms with van der Waals surface area (Å²) in [6.45, 7) is 1.87. The van der Waals surface area contributed by atoms with Gasteiger partial charge >= 0.3 is 29.6 Å². The molecule has 0 unspecified atom stereocenters. The van der Waals surface area contributed by atoms with Crippen molar-refractivity contribution in [2.75, 3.05) is 13.2 Å². The molecule has 0 aliphatic heterocycles. The van der Waals surface area contributed by atoms with Crippen LogP contribution in [0.4, 0.5) is 0 Å². The first kappa shape index (κ1) is 31.6. The van der Waals surface area contributed by atoms with Crippen LogP contribution in [0.15, 0.2) is 0 Å². The molecule has 1 amide bonds. The fraction of sp³-hybridized carbons (Fsp3) is 0.773. The van der Waals surface area contributed by atoms with E-state index in [1.807, 2.05) is 0 Å². The van der Waals surface area contributed by atoms with Crippen LogP contribution in [0.3, 0.4) is 0 Å². The predicted octanol–water partition coefficient (Wildman–Crippen LogP) is 1.07. The molecule has 8 heteroatoms. The normalized spacial score (nSPS) is 10.2. The van der Waals surface area contributed by atoms with Crippen LogP contribution in [0.2, 0.25) is 0 Å².